The van der Waals surface area contributed by atoms with Crippen molar-refractivity contribution in [2.45, 2.75) is 18.6 Å². The Hall–Kier alpha value is -2.26. The van der Waals surface area contributed by atoms with Crippen molar-refractivity contribution in [3.63, 3.8) is 0 Å². The topological polar surface area (TPSA) is 44.5 Å². The predicted molar refractivity (Wildman–Crippen MR) is 83.6 cm³/mol. The van der Waals surface area contributed by atoms with Crippen molar-refractivity contribution in [3.05, 3.63) is 71.5 Å². The number of hydrogen-bond acceptors (Lipinski definition) is 3. The molecule has 0 spiro atoms. The van der Waals surface area contributed by atoms with E-state index in [4.69, 9.17) is 15.2 Å². The summed E-state index contributed by atoms with van der Waals surface area (Å²) < 4.78 is 11.4. The predicted octanol–water partition coefficient (Wildman–Crippen LogP) is 3.66. The van der Waals surface area contributed by atoms with Crippen LogP contribution in [0.4, 0.5) is 0 Å². The molecule has 1 fully saturated rings. The van der Waals surface area contributed by atoms with Gasteiger partial charge < -0.3 is 9.47 Å². The Morgan fingerprint density at radius 3 is 2.57 bits per heavy atom. The zero-order valence-electron chi connectivity index (χ0n) is 12.1. The molecule has 108 valence electrons. The molecule has 0 aliphatic carbocycles. The van der Waals surface area contributed by atoms with E-state index in [2.05, 4.69) is 12.1 Å². The number of rotatable bonds is 3. The van der Waals surface area contributed by atoms with Gasteiger partial charge in [0.05, 0.1) is 18.4 Å². The van der Waals surface area contributed by atoms with Crippen molar-refractivity contribution in [3.8, 4) is 5.75 Å². The second-order valence-electron chi connectivity index (χ2n) is 5.21. The SMILES string of the molecule is COc1ccccc1C1(N)CC/C(=C\c2ccccc2)O1. The van der Waals surface area contributed by atoms with Crippen LogP contribution in [0.1, 0.15) is 24.0 Å². The fourth-order valence-corrected chi connectivity index (χ4v) is 2.67. The minimum atomic E-state index is -0.812. The summed E-state index contributed by atoms with van der Waals surface area (Å²) in [6, 6.07) is 17.9. The Morgan fingerprint density at radius 2 is 1.81 bits per heavy atom. The van der Waals surface area contributed by atoms with E-state index in [1.165, 1.54) is 0 Å². The van der Waals surface area contributed by atoms with E-state index in [0.717, 1.165) is 35.5 Å². The average Bonchev–Trinajstić information content (AvgIpc) is 2.90. The minimum absolute atomic E-state index is 0.742. The molecule has 0 saturated carbocycles. The van der Waals surface area contributed by atoms with Gasteiger partial charge in [0.1, 0.15) is 5.75 Å². The van der Waals surface area contributed by atoms with Crippen molar-refractivity contribution in [1.82, 2.24) is 0 Å². The number of methoxy groups -OCH3 is 1. The van der Waals surface area contributed by atoms with E-state index in [1.807, 2.05) is 48.5 Å². The molecule has 2 N–H and O–H groups in total. The van der Waals surface area contributed by atoms with Gasteiger partial charge in [-0.25, -0.2) is 0 Å². The summed E-state index contributed by atoms with van der Waals surface area (Å²) >= 11 is 0. The first-order valence-electron chi connectivity index (χ1n) is 7.08. The molecule has 3 nitrogen and oxygen atoms in total. The van der Waals surface area contributed by atoms with Gasteiger partial charge in [-0.05, 0) is 23.8 Å². The summed E-state index contributed by atoms with van der Waals surface area (Å²) in [4.78, 5) is 0. The molecule has 2 aromatic carbocycles. The van der Waals surface area contributed by atoms with Crippen molar-refractivity contribution in [1.29, 1.82) is 0 Å². The van der Waals surface area contributed by atoms with Crippen LogP contribution >= 0.6 is 0 Å². The van der Waals surface area contributed by atoms with E-state index in [-0.39, 0.29) is 0 Å². The molecular formula is C18H19NO2. The number of ether oxygens (including phenoxy) is 2. The maximum atomic E-state index is 6.46. The third-order valence-electron chi connectivity index (χ3n) is 3.75. The van der Waals surface area contributed by atoms with Gasteiger partial charge in [-0.2, -0.15) is 0 Å². The maximum Gasteiger partial charge on any atom is 0.188 e. The molecule has 3 rings (SSSR count). The number of hydrogen-bond donors (Lipinski definition) is 1. The Morgan fingerprint density at radius 1 is 1.10 bits per heavy atom. The van der Waals surface area contributed by atoms with Gasteiger partial charge >= 0.3 is 0 Å². The molecule has 3 heteroatoms. The molecular weight excluding hydrogens is 262 g/mol. The van der Waals surface area contributed by atoms with E-state index in [9.17, 15) is 0 Å². The van der Waals surface area contributed by atoms with Gasteiger partial charge in [0.2, 0.25) is 0 Å². The van der Waals surface area contributed by atoms with Crippen LogP contribution in [-0.4, -0.2) is 7.11 Å². The number of benzene rings is 2. The third-order valence-corrected chi connectivity index (χ3v) is 3.75. The molecule has 2 aromatic rings. The van der Waals surface area contributed by atoms with Gasteiger partial charge in [-0.3, -0.25) is 5.73 Å². The lowest BCUT2D eigenvalue weighted by atomic mass is 9.99. The van der Waals surface area contributed by atoms with Crippen molar-refractivity contribution < 1.29 is 9.47 Å². The first kappa shape index (κ1) is 13.7. The summed E-state index contributed by atoms with van der Waals surface area (Å²) in [5.74, 6) is 1.68. The molecule has 1 atom stereocenters. The van der Waals surface area contributed by atoms with E-state index < -0.39 is 5.72 Å². The summed E-state index contributed by atoms with van der Waals surface area (Å²) in [5, 5.41) is 0. The number of para-hydroxylation sites is 1. The largest absolute Gasteiger partial charge is 0.496 e. The Bertz CT molecular complexity index is 651. The molecule has 0 radical (unpaired) electrons. The average molecular weight is 281 g/mol. The van der Waals surface area contributed by atoms with Crippen LogP contribution in [0.5, 0.6) is 5.75 Å². The second-order valence-corrected chi connectivity index (χ2v) is 5.21. The molecule has 21 heavy (non-hydrogen) atoms. The molecule has 0 bridgehead atoms. The Kier molecular flexibility index (Phi) is 3.67. The summed E-state index contributed by atoms with van der Waals surface area (Å²) in [5.41, 5.74) is 7.66. The third kappa shape index (κ3) is 2.78. The highest BCUT2D eigenvalue weighted by Crippen LogP contribution is 2.41. The van der Waals surface area contributed by atoms with Gasteiger partial charge in [0.25, 0.3) is 0 Å². The second kappa shape index (κ2) is 5.62. The standard InChI is InChI=1S/C18H19NO2/c1-20-17-10-6-5-9-16(17)18(19)12-11-15(21-18)13-14-7-3-2-4-8-14/h2-10,13H,11-12,19H2,1H3/b15-13+. The fourth-order valence-electron chi connectivity index (χ4n) is 2.67. The quantitative estimate of drug-likeness (QED) is 0.933. The molecule has 0 aromatic heterocycles. The lowest BCUT2D eigenvalue weighted by Crippen LogP contribution is -2.35. The lowest BCUT2D eigenvalue weighted by molar-refractivity contribution is 0.0418. The van der Waals surface area contributed by atoms with E-state index >= 15 is 0 Å². The van der Waals surface area contributed by atoms with Crippen LogP contribution in [0.3, 0.4) is 0 Å². The Labute approximate surface area is 125 Å². The van der Waals surface area contributed by atoms with Crippen molar-refractivity contribution >= 4 is 6.08 Å². The highest BCUT2D eigenvalue weighted by Gasteiger charge is 2.38. The fraction of sp³-hybridized carbons (Fsp3) is 0.222. The van der Waals surface area contributed by atoms with Gasteiger partial charge in [0.15, 0.2) is 5.72 Å². The maximum absolute atomic E-state index is 6.46. The van der Waals surface area contributed by atoms with Crippen LogP contribution in [0, 0.1) is 0 Å². The smallest absolute Gasteiger partial charge is 0.188 e. The molecule has 1 unspecified atom stereocenters. The highest BCUT2D eigenvalue weighted by atomic mass is 16.5. The molecule has 0 amide bonds. The molecule has 1 aliphatic rings. The van der Waals surface area contributed by atoms with Gasteiger partial charge in [-0.1, -0.05) is 42.5 Å². The molecule has 1 aliphatic heterocycles. The Balaban J connectivity index is 1.87. The summed E-state index contributed by atoms with van der Waals surface area (Å²) in [6.07, 6.45) is 3.61. The van der Waals surface area contributed by atoms with Crippen molar-refractivity contribution in [2.75, 3.05) is 7.11 Å². The molecule has 1 heterocycles. The van der Waals surface area contributed by atoms with E-state index in [0.29, 0.717) is 0 Å². The van der Waals surface area contributed by atoms with E-state index in [1.54, 1.807) is 7.11 Å². The van der Waals surface area contributed by atoms with Crippen molar-refractivity contribution in [2.24, 2.45) is 5.73 Å². The first-order chi connectivity index (χ1) is 10.2. The monoisotopic (exact) mass is 281 g/mol. The minimum Gasteiger partial charge on any atom is -0.496 e. The van der Waals surface area contributed by atoms with Crippen LogP contribution in [0.15, 0.2) is 60.4 Å². The van der Waals surface area contributed by atoms with Gasteiger partial charge in [0, 0.05) is 12.8 Å². The molecule has 1 saturated heterocycles. The zero-order chi connectivity index (χ0) is 14.7. The van der Waals surface area contributed by atoms with Crippen LogP contribution in [0.2, 0.25) is 0 Å². The normalized spacial score (nSPS) is 23.0. The number of nitrogens with two attached hydrogens (primary N) is 1. The van der Waals surface area contributed by atoms with Gasteiger partial charge in [-0.15, -0.1) is 0 Å². The van der Waals surface area contributed by atoms with Crippen LogP contribution < -0.4 is 10.5 Å². The van der Waals surface area contributed by atoms with Crippen LogP contribution in [0.25, 0.3) is 6.08 Å². The zero-order valence-corrected chi connectivity index (χ0v) is 12.1. The summed E-state index contributed by atoms with van der Waals surface area (Å²) in [6.45, 7) is 0. The lowest BCUT2D eigenvalue weighted by Gasteiger charge is -2.25. The highest BCUT2D eigenvalue weighted by molar-refractivity contribution is 5.52. The first-order valence-corrected chi connectivity index (χ1v) is 7.08. The summed E-state index contributed by atoms with van der Waals surface area (Å²) in [7, 11) is 1.65. The van der Waals surface area contributed by atoms with Crippen LogP contribution in [-0.2, 0) is 10.5 Å². The number of allylic oxidation sites excluding steroid dienone is 1.